The number of thiazole rings is 1. The zero-order valence-electron chi connectivity index (χ0n) is 18.8. The molecule has 1 aromatic heterocycles. The van der Waals surface area contributed by atoms with Gasteiger partial charge in [0.1, 0.15) is 5.01 Å². The number of thioether (sulfide) groups is 1. The molecular weight excluding hydrogens is 424 g/mol. The number of allylic oxidation sites excluding steroid dienone is 1. The number of aromatic nitrogens is 1. The molecule has 0 atom stereocenters. The molecule has 0 fully saturated rings. The third-order valence-corrected chi connectivity index (χ3v) is 5.51. The lowest BCUT2D eigenvalue weighted by atomic mass is 10.2. The molecule has 2 nitrogen and oxygen atoms in total. The van der Waals surface area contributed by atoms with Gasteiger partial charge in [-0.1, -0.05) is 105 Å². The van der Waals surface area contributed by atoms with Gasteiger partial charge in [-0.25, -0.2) is 4.98 Å². The van der Waals surface area contributed by atoms with Crippen LogP contribution in [0.5, 0.6) is 0 Å². The average molecular weight is 459 g/mol. The summed E-state index contributed by atoms with van der Waals surface area (Å²) < 4.78 is 0. The minimum atomic E-state index is 0. The van der Waals surface area contributed by atoms with E-state index in [1.807, 2.05) is 57.4 Å². The molecule has 5 heteroatoms. The highest BCUT2D eigenvalue weighted by molar-refractivity contribution is 8.16. The van der Waals surface area contributed by atoms with E-state index in [2.05, 4.69) is 49.6 Å². The molecule has 0 aliphatic rings. The number of nitrogens with zero attached hydrogens (tertiary/aromatic N) is 1. The number of nitrogens with one attached hydrogen (secondary N) is 1. The van der Waals surface area contributed by atoms with Crippen LogP contribution in [0.1, 0.15) is 50.1 Å². The highest BCUT2D eigenvalue weighted by atomic mass is 32.2. The largest absolute Gasteiger partial charge is 0.293 e. The molecular formula is C25H34N2S3. The fourth-order valence-electron chi connectivity index (χ4n) is 2.29. The molecule has 0 radical (unpaired) electrons. The van der Waals surface area contributed by atoms with Crippen LogP contribution < -0.4 is 0 Å². The first-order valence-corrected chi connectivity index (χ1v) is 11.9. The summed E-state index contributed by atoms with van der Waals surface area (Å²) in [5, 5.41) is 13.8. The van der Waals surface area contributed by atoms with Crippen molar-refractivity contribution in [2.45, 2.75) is 48.0 Å². The van der Waals surface area contributed by atoms with Gasteiger partial charge in [0.05, 0.1) is 10.7 Å². The van der Waals surface area contributed by atoms with Crippen LogP contribution in [0.2, 0.25) is 0 Å². The monoisotopic (exact) mass is 458 g/mol. The zero-order valence-corrected chi connectivity index (χ0v) is 21.5. The van der Waals surface area contributed by atoms with Crippen LogP contribution in [0.15, 0.2) is 65.4 Å². The fourth-order valence-corrected chi connectivity index (χ4v) is 3.73. The number of benzene rings is 2. The zero-order chi connectivity index (χ0) is 21.6. The van der Waals surface area contributed by atoms with E-state index >= 15 is 0 Å². The van der Waals surface area contributed by atoms with Gasteiger partial charge in [0, 0.05) is 22.9 Å². The van der Waals surface area contributed by atoms with E-state index in [0.717, 1.165) is 22.7 Å². The standard InChI is InChI=1S/C21H20N2S2.2C2H6.H2S/c1-15-5-9-17(10-6-15)20(22)24-13-3-4-19-14-25-21(23-19)18-11-7-16(2)8-12-18;2*1-2;/h3,5-14,22H,4H2,1-2H3;2*1-2H3;1H2/b13-3+,22-20?;;;. The highest BCUT2D eigenvalue weighted by Gasteiger charge is 2.04. The molecule has 1 heterocycles. The van der Waals surface area contributed by atoms with Crippen LogP contribution in [0.3, 0.4) is 0 Å². The summed E-state index contributed by atoms with van der Waals surface area (Å²) in [6, 6.07) is 16.5. The second kappa shape index (κ2) is 15.9. The van der Waals surface area contributed by atoms with Crippen molar-refractivity contribution in [3.63, 3.8) is 0 Å². The number of rotatable bonds is 5. The van der Waals surface area contributed by atoms with Crippen molar-refractivity contribution >= 4 is 41.6 Å². The van der Waals surface area contributed by atoms with Crippen molar-refractivity contribution < 1.29 is 0 Å². The first kappa shape index (κ1) is 28.2. The topological polar surface area (TPSA) is 36.7 Å². The lowest BCUT2D eigenvalue weighted by Crippen LogP contribution is -1.91. The Hall–Kier alpha value is -1.82. The molecule has 2 aromatic carbocycles. The van der Waals surface area contributed by atoms with Crippen molar-refractivity contribution in [3.05, 3.63) is 87.8 Å². The van der Waals surface area contributed by atoms with Crippen molar-refractivity contribution in [1.82, 2.24) is 4.98 Å². The lowest BCUT2D eigenvalue weighted by Gasteiger charge is -2.00. The SMILES string of the molecule is CC.CC.Cc1ccc(C(=N)S/C=C/Cc2csc(-c3ccc(C)cc3)n2)cc1.S. The number of hydrogen-bond acceptors (Lipinski definition) is 4. The Kier molecular flexibility index (Phi) is 15.0. The Bertz CT molecular complexity index is 880. The summed E-state index contributed by atoms with van der Waals surface area (Å²) in [6.45, 7) is 12.1. The van der Waals surface area contributed by atoms with Gasteiger partial charge in [-0.2, -0.15) is 13.5 Å². The van der Waals surface area contributed by atoms with Gasteiger partial charge in [0.15, 0.2) is 0 Å². The highest BCUT2D eigenvalue weighted by Crippen LogP contribution is 2.24. The van der Waals surface area contributed by atoms with E-state index in [4.69, 9.17) is 10.4 Å². The molecule has 0 amide bonds. The molecule has 3 aromatic rings. The van der Waals surface area contributed by atoms with Crippen LogP contribution in [-0.2, 0) is 6.42 Å². The average Bonchev–Trinajstić information content (AvgIpc) is 3.24. The van der Waals surface area contributed by atoms with E-state index in [1.165, 1.54) is 28.5 Å². The molecule has 0 saturated carbocycles. The Morgan fingerprint density at radius 1 is 0.933 bits per heavy atom. The first-order valence-electron chi connectivity index (χ1n) is 10.1. The van der Waals surface area contributed by atoms with Crippen molar-refractivity contribution in [3.8, 4) is 10.6 Å². The molecule has 0 unspecified atom stereocenters. The van der Waals surface area contributed by atoms with E-state index in [0.29, 0.717) is 5.04 Å². The fraction of sp³-hybridized carbons (Fsp3) is 0.280. The molecule has 0 saturated heterocycles. The molecule has 0 aliphatic carbocycles. The first-order chi connectivity index (χ1) is 14.1. The number of aryl methyl sites for hydroxylation is 2. The minimum Gasteiger partial charge on any atom is -0.293 e. The van der Waals surface area contributed by atoms with E-state index in [1.54, 1.807) is 11.3 Å². The van der Waals surface area contributed by atoms with Gasteiger partial charge < -0.3 is 0 Å². The Labute approximate surface area is 197 Å². The second-order valence-corrected chi connectivity index (χ2v) is 7.67. The van der Waals surface area contributed by atoms with Crippen LogP contribution >= 0.6 is 36.6 Å². The molecule has 3 rings (SSSR count). The van der Waals surface area contributed by atoms with Gasteiger partial charge in [0.2, 0.25) is 0 Å². The lowest BCUT2D eigenvalue weighted by molar-refractivity contribution is 1.16. The third kappa shape index (κ3) is 9.33. The predicted octanol–water partition coefficient (Wildman–Crippen LogP) is 8.41. The van der Waals surface area contributed by atoms with Gasteiger partial charge in [-0.15, -0.1) is 11.3 Å². The molecule has 1 N–H and O–H groups in total. The van der Waals surface area contributed by atoms with Crippen molar-refractivity contribution in [2.24, 2.45) is 0 Å². The second-order valence-electron chi connectivity index (χ2n) is 5.90. The van der Waals surface area contributed by atoms with E-state index < -0.39 is 0 Å². The molecule has 0 spiro atoms. The Morgan fingerprint density at radius 2 is 1.47 bits per heavy atom. The third-order valence-electron chi connectivity index (χ3n) is 3.77. The predicted molar refractivity (Wildman–Crippen MR) is 144 cm³/mol. The van der Waals surface area contributed by atoms with E-state index in [-0.39, 0.29) is 13.5 Å². The van der Waals surface area contributed by atoms with Crippen molar-refractivity contribution in [1.29, 1.82) is 5.41 Å². The molecule has 30 heavy (non-hydrogen) atoms. The van der Waals surface area contributed by atoms with Crippen LogP contribution in [0.4, 0.5) is 0 Å². The smallest absolute Gasteiger partial charge is 0.123 e. The van der Waals surface area contributed by atoms with Crippen molar-refractivity contribution in [2.75, 3.05) is 0 Å². The molecule has 0 bridgehead atoms. The summed E-state index contributed by atoms with van der Waals surface area (Å²) in [7, 11) is 0. The molecule has 0 aliphatic heterocycles. The van der Waals surface area contributed by atoms with Crippen LogP contribution in [0.25, 0.3) is 10.6 Å². The normalized spacial score (nSPS) is 9.67. The summed E-state index contributed by atoms with van der Waals surface area (Å²) in [5.41, 5.74) is 5.66. The van der Waals surface area contributed by atoms with Crippen LogP contribution in [-0.4, -0.2) is 10.0 Å². The van der Waals surface area contributed by atoms with Gasteiger partial charge in [0.25, 0.3) is 0 Å². The summed E-state index contributed by atoms with van der Waals surface area (Å²) in [5.74, 6) is 0. The number of hydrogen-bond donors (Lipinski definition) is 1. The maximum Gasteiger partial charge on any atom is 0.123 e. The Morgan fingerprint density at radius 3 is 2.03 bits per heavy atom. The van der Waals surface area contributed by atoms with Gasteiger partial charge in [-0.05, 0) is 19.3 Å². The van der Waals surface area contributed by atoms with Gasteiger partial charge in [-0.3, -0.25) is 5.41 Å². The van der Waals surface area contributed by atoms with Crippen LogP contribution in [0, 0.1) is 19.3 Å². The summed E-state index contributed by atoms with van der Waals surface area (Å²) in [6.07, 6.45) is 2.86. The Balaban J connectivity index is 0.00000159. The maximum absolute atomic E-state index is 8.12. The minimum absolute atomic E-state index is 0. The maximum atomic E-state index is 8.12. The molecule has 162 valence electrons. The van der Waals surface area contributed by atoms with Gasteiger partial charge >= 0.3 is 0 Å². The quantitative estimate of drug-likeness (QED) is 0.308. The summed E-state index contributed by atoms with van der Waals surface area (Å²) >= 11 is 3.11. The summed E-state index contributed by atoms with van der Waals surface area (Å²) in [4.78, 5) is 4.70. The van der Waals surface area contributed by atoms with E-state index in [9.17, 15) is 0 Å².